The predicted octanol–water partition coefficient (Wildman–Crippen LogP) is 0.899. The largest absolute Gasteiger partial charge is 0.465 e. The van der Waals surface area contributed by atoms with Gasteiger partial charge < -0.3 is 4.74 Å². The Balaban J connectivity index is 2.07. The van der Waals surface area contributed by atoms with Crippen molar-refractivity contribution in [3.63, 3.8) is 0 Å². The molecule has 0 saturated heterocycles. The van der Waals surface area contributed by atoms with Gasteiger partial charge in [0.15, 0.2) is 0 Å². The number of benzene rings is 1. The lowest BCUT2D eigenvalue weighted by molar-refractivity contribution is 0.0600. The van der Waals surface area contributed by atoms with Crippen molar-refractivity contribution in [2.75, 3.05) is 7.11 Å². The van der Waals surface area contributed by atoms with Crippen molar-refractivity contribution in [3.8, 4) is 0 Å². The Hall–Kier alpha value is -2.02. The van der Waals surface area contributed by atoms with Crippen molar-refractivity contribution in [1.29, 1.82) is 0 Å². The summed E-state index contributed by atoms with van der Waals surface area (Å²) in [5.74, 6) is -0.0747. The first kappa shape index (κ1) is 12.4. The van der Waals surface area contributed by atoms with Crippen molar-refractivity contribution < 1.29 is 13.7 Å². The molecule has 1 unspecified atom stereocenters. The molecule has 0 aliphatic carbocycles. The lowest BCUT2D eigenvalue weighted by Crippen LogP contribution is -2.02. The molecule has 2 rings (SSSR count). The first-order chi connectivity index (χ1) is 8.70. The summed E-state index contributed by atoms with van der Waals surface area (Å²) in [5.41, 5.74) is 1.31. The molecule has 1 aromatic heterocycles. The number of hydrogen-bond donors (Lipinski definition) is 1. The average molecular weight is 265 g/mol. The van der Waals surface area contributed by atoms with Gasteiger partial charge in [0, 0.05) is 0 Å². The lowest BCUT2D eigenvalue weighted by atomic mass is 10.1. The zero-order valence-corrected chi connectivity index (χ0v) is 10.4. The van der Waals surface area contributed by atoms with Crippen LogP contribution in [0.4, 0.5) is 0 Å². The summed E-state index contributed by atoms with van der Waals surface area (Å²) >= 11 is 0. The molecule has 0 aliphatic rings. The average Bonchev–Trinajstić information content (AvgIpc) is 2.92. The van der Waals surface area contributed by atoms with Crippen LogP contribution >= 0.6 is 0 Å². The second-order valence-electron chi connectivity index (χ2n) is 3.47. The Bertz CT molecular complexity index is 551. The highest BCUT2D eigenvalue weighted by Crippen LogP contribution is 2.10. The number of esters is 1. The van der Waals surface area contributed by atoms with Crippen molar-refractivity contribution in [2.24, 2.45) is 0 Å². The van der Waals surface area contributed by atoms with Crippen LogP contribution in [-0.4, -0.2) is 32.5 Å². The van der Waals surface area contributed by atoms with E-state index in [9.17, 15) is 9.00 Å². The fourth-order valence-corrected chi connectivity index (χ4v) is 2.33. The number of aromatic amines is 1. The summed E-state index contributed by atoms with van der Waals surface area (Å²) in [6.07, 6.45) is 1.31. The molecule has 1 heterocycles. The molecule has 0 fully saturated rings. The number of methoxy groups -OCH3 is 1. The number of nitrogens with one attached hydrogen (secondary N) is 1. The van der Waals surface area contributed by atoms with Gasteiger partial charge in [-0.2, -0.15) is 5.10 Å². The van der Waals surface area contributed by atoms with Gasteiger partial charge in [0.1, 0.15) is 6.33 Å². The quantitative estimate of drug-likeness (QED) is 0.830. The number of hydrogen-bond acceptors (Lipinski definition) is 5. The van der Waals surface area contributed by atoms with Crippen molar-refractivity contribution in [1.82, 2.24) is 15.2 Å². The summed E-state index contributed by atoms with van der Waals surface area (Å²) in [7, 11) is 0.0609. The molecular formula is C11H11N3O3S. The van der Waals surface area contributed by atoms with E-state index in [1.807, 2.05) is 0 Å². The standard InChI is InChI=1S/C11H11N3O3S/c1-17-10(15)9-4-2-8(3-5-9)6-18(16)11-12-7-13-14-11/h2-5,7H,6H2,1H3,(H,12,13,14). The molecule has 7 heteroatoms. The predicted molar refractivity (Wildman–Crippen MR) is 64.3 cm³/mol. The highest BCUT2D eigenvalue weighted by molar-refractivity contribution is 7.84. The van der Waals surface area contributed by atoms with E-state index in [0.29, 0.717) is 16.5 Å². The van der Waals surface area contributed by atoms with E-state index in [0.717, 1.165) is 5.56 Å². The van der Waals surface area contributed by atoms with Gasteiger partial charge >= 0.3 is 5.97 Å². The summed E-state index contributed by atoms with van der Waals surface area (Å²) < 4.78 is 16.4. The summed E-state index contributed by atoms with van der Waals surface area (Å²) in [4.78, 5) is 15.1. The van der Waals surface area contributed by atoms with Gasteiger partial charge in [-0.3, -0.25) is 9.31 Å². The smallest absolute Gasteiger partial charge is 0.337 e. The minimum atomic E-state index is -1.27. The Labute approximate surface area is 106 Å². The molecule has 0 spiro atoms. The molecule has 94 valence electrons. The van der Waals surface area contributed by atoms with Gasteiger partial charge in [-0.1, -0.05) is 12.1 Å². The van der Waals surface area contributed by atoms with Crippen LogP contribution in [0.5, 0.6) is 0 Å². The molecule has 0 saturated carbocycles. The maximum atomic E-state index is 11.8. The molecule has 0 aliphatic heterocycles. The molecule has 0 amide bonds. The molecule has 1 N–H and O–H groups in total. The Morgan fingerprint density at radius 3 is 2.67 bits per heavy atom. The van der Waals surface area contributed by atoms with Gasteiger partial charge in [-0.25, -0.2) is 9.78 Å². The fourth-order valence-electron chi connectivity index (χ4n) is 1.38. The molecule has 1 atom stereocenters. The van der Waals surface area contributed by atoms with Crippen LogP contribution in [0.15, 0.2) is 35.7 Å². The Kier molecular flexibility index (Phi) is 3.83. The Morgan fingerprint density at radius 1 is 1.39 bits per heavy atom. The minimum Gasteiger partial charge on any atom is -0.465 e. The highest BCUT2D eigenvalue weighted by atomic mass is 32.2. The van der Waals surface area contributed by atoms with Crippen LogP contribution in [0.25, 0.3) is 0 Å². The van der Waals surface area contributed by atoms with Crippen LogP contribution in [0, 0.1) is 0 Å². The van der Waals surface area contributed by atoms with Crippen LogP contribution in [0.1, 0.15) is 15.9 Å². The zero-order valence-electron chi connectivity index (χ0n) is 9.62. The second-order valence-corrected chi connectivity index (χ2v) is 4.84. The summed E-state index contributed by atoms with van der Waals surface area (Å²) in [6, 6.07) is 6.75. The Morgan fingerprint density at radius 2 is 2.11 bits per heavy atom. The van der Waals surface area contributed by atoms with E-state index in [-0.39, 0.29) is 0 Å². The van der Waals surface area contributed by atoms with Crippen molar-refractivity contribution >= 4 is 16.8 Å². The van der Waals surface area contributed by atoms with E-state index in [1.54, 1.807) is 24.3 Å². The zero-order chi connectivity index (χ0) is 13.0. The van der Waals surface area contributed by atoms with E-state index in [2.05, 4.69) is 19.9 Å². The second kappa shape index (κ2) is 5.54. The highest BCUT2D eigenvalue weighted by Gasteiger charge is 2.09. The van der Waals surface area contributed by atoms with Gasteiger partial charge in [-0.15, -0.1) is 0 Å². The van der Waals surface area contributed by atoms with Gasteiger partial charge in [0.25, 0.3) is 0 Å². The number of nitrogens with zero attached hydrogens (tertiary/aromatic N) is 2. The molecule has 2 aromatic rings. The van der Waals surface area contributed by atoms with Crippen LogP contribution in [0.3, 0.4) is 0 Å². The summed E-state index contributed by atoms with van der Waals surface area (Å²) in [5, 5.41) is 6.54. The number of H-pyrrole nitrogens is 1. The SMILES string of the molecule is COC(=O)c1ccc(CS(=O)c2ncn[nH]2)cc1. The number of ether oxygens (including phenoxy) is 1. The van der Waals surface area contributed by atoms with Gasteiger partial charge in [0.05, 0.1) is 29.2 Å². The summed E-state index contributed by atoms with van der Waals surface area (Å²) in [6.45, 7) is 0. The molecule has 0 bridgehead atoms. The van der Waals surface area contributed by atoms with Gasteiger partial charge in [0.2, 0.25) is 5.16 Å². The van der Waals surface area contributed by atoms with Crippen LogP contribution in [-0.2, 0) is 21.3 Å². The van der Waals surface area contributed by atoms with E-state index >= 15 is 0 Å². The molecule has 18 heavy (non-hydrogen) atoms. The topological polar surface area (TPSA) is 84.9 Å². The third kappa shape index (κ3) is 2.80. The molecular weight excluding hydrogens is 254 g/mol. The van der Waals surface area contributed by atoms with Crippen LogP contribution < -0.4 is 0 Å². The van der Waals surface area contributed by atoms with Gasteiger partial charge in [-0.05, 0) is 17.7 Å². The number of rotatable bonds is 4. The molecule has 0 radical (unpaired) electrons. The maximum Gasteiger partial charge on any atom is 0.337 e. The lowest BCUT2D eigenvalue weighted by Gasteiger charge is -2.02. The first-order valence-electron chi connectivity index (χ1n) is 5.11. The van der Waals surface area contributed by atoms with E-state index in [4.69, 9.17) is 0 Å². The van der Waals surface area contributed by atoms with Crippen molar-refractivity contribution in [2.45, 2.75) is 10.9 Å². The normalized spacial score (nSPS) is 12.1. The fraction of sp³-hybridized carbons (Fsp3) is 0.182. The molecule has 1 aromatic carbocycles. The third-order valence-electron chi connectivity index (χ3n) is 2.28. The van der Waals surface area contributed by atoms with Crippen LogP contribution in [0.2, 0.25) is 0 Å². The van der Waals surface area contributed by atoms with E-state index < -0.39 is 16.8 Å². The third-order valence-corrected chi connectivity index (χ3v) is 3.50. The maximum absolute atomic E-state index is 11.8. The van der Waals surface area contributed by atoms with Crippen molar-refractivity contribution in [3.05, 3.63) is 41.7 Å². The first-order valence-corrected chi connectivity index (χ1v) is 6.43. The number of carbonyl (C=O) groups excluding carboxylic acids is 1. The van der Waals surface area contributed by atoms with E-state index in [1.165, 1.54) is 13.4 Å². The number of aromatic nitrogens is 3. The molecule has 6 nitrogen and oxygen atoms in total. The monoisotopic (exact) mass is 265 g/mol. The number of carbonyl (C=O) groups is 1. The minimum absolute atomic E-state index is 0.316.